The van der Waals surface area contributed by atoms with Crippen molar-refractivity contribution >= 4 is 50.7 Å². The van der Waals surface area contributed by atoms with Gasteiger partial charge in [-0.15, -0.1) is 0 Å². The molecule has 0 aromatic heterocycles. The molecule has 1 heterocycles. The Balaban J connectivity index is 1.58. The topological polar surface area (TPSA) is 105 Å². The molecule has 2 amide bonds. The molecule has 5 rings (SSSR count). The summed E-state index contributed by atoms with van der Waals surface area (Å²) in [7, 11) is -4.45. The highest BCUT2D eigenvalue weighted by atomic mass is 35.5. The number of hydrogen-bond acceptors (Lipinski definition) is 6. The Hall–Kier alpha value is -4.32. The van der Waals surface area contributed by atoms with E-state index < -0.39 is 40.2 Å². The summed E-state index contributed by atoms with van der Waals surface area (Å²) in [6.45, 7) is 2.10. The van der Waals surface area contributed by atoms with E-state index in [1.54, 1.807) is 12.1 Å². The first kappa shape index (κ1) is 36.0. The number of nitrogens with one attached hydrogen (secondary N) is 1. The molecule has 0 radical (unpaired) electrons. The quantitative estimate of drug-likeness (QED) is 0.146. The lowest BCUT2D eigenvalue weighted by molar-refractivity contribution is -0.140. The highest BCUT2D eigenvalue weighted by Crippen LogP contribution is 2.34. The molecule has 0 unspecified atom stereocenters. The van der Waals surface area contributed by atoms with Crippen LogP contribution in [0.2, 0.25) is 10.0 Å². The van der Waals surface area contributed by atoms with Crippen LogP contribution in [0.4, 0.5) is 10.1 Å². The fourth-order valence-corrected chi connectivity index (χ4v) is 7.24. The standard InChI is InChI=1S/C36H36Cl2FN3O6S/c1-2-3-17-40-36(44)32(20-25-7-5-4-6-8-25)41(23-26-9-10-27(37)21-31(26)38)35(43)24-42(29-13-11-28(39)12-14-29)49(45,46)30-15-16-33-34(22-30)48-19-18-47-33/h4-16,21-22,32H,2-3,17-20,23-24H2,1H3,(H,40,44)/t32-/m0/s1. The van der Waals surface area contributed by atoms with Gasteiger partial charge in [0, 0.05) is 35.6 Å². The molecule has 1 atom stereocenters. The highest BCUT2D eigenvalue weighted by molar-refractivity contribution is 7.92. The maximum absolute atomic E-state index is 14.6. The van der Waals surface area contributed by atoms with Crippen LogP contribution in [0.3, 0.4) is 0 Å². The first-order chi connectivity index (χ1) is 23.6. The Morgan fingerprint density at radius 3 is 2.33 bits per heavy atom. The van der Waals surface area contributed by atoms with Crippen LogP contribution in [-0.2, 0) is 32.6 Å². The first-order valence-electron chi connectivity index (χ1n) is 15.8. The summed E-state index contributed by atoms with van der Waals surface area (Å²) in [6.07, 6.45) is 1.71. The van der Waals surface area contributed by atoms with Crippen molar-refractivity contribution in [2.24, 2.45) is 0 Å². The molecule has 0 bridgehead atoms. The van der Waals surface area contributed by atoms with E-state index in [1.807, 2.05) is 37.3 Å². The van der Waals surface area contributed by atoms with Crippen molar-refractivity contribution in [2.45, 2.75) is 43.7 Å². The van der Waals surface area contributed by atoms with E-state index in [4.69, 9.17) is 32.7 Å². The van der Waals surface area contributed by atoms with E-state index in [2.05, 4.69) is 5.32 Å². The van der Waals surface area contributed by atoms with Gasteiger partial charge in [0.25, 0.3) is 10.0 Å². The van der Waals surface area contributed by atoms with Gasteiger partial charge in [0.2, 0.25) is 11.8 Å². The first-order valence-corrected chi connectivity index (χ1v) is 18.0. The monoisotopic (exact) mass is 727 g/mol. The van der Waals surface area contributed by atoms with Gasteiger partial charge < -0.3 is 19.7 Å². The van der Waals surface area contributed by atoms with Crippen molar-refractivity contribution in [3.05, 3.63) is 118 Å². The second kappa shape index (κ2) is 16.4. The van der Waals surface area contributed by atoms with Crippen LogP contribution >= 0.6 is 23.2 Å². The predicted octanol–water partition coefficient (Wildman–Crippen LogP) is 6.66. The number of carbonyl (C=O) groups is 2. The number of nitrogens with zero attached hydrogens (tertiary/aromatic N) is 2. The Morgan fingerprint density at radius 2 is 1.63 bits per heavy atom. The lowest BCUT2D eigenvalue weighted by Gasteiger charge is -2.34. The maximum atomic E-state index is 14.6. The molecule has 4 aromatic rings. The van der Waals surface area contributed by atoms with Gasteiger partial charge in [-0.25, -0.2) is 12.8 Å². The fourth-order valence-electron chi connectivity index (χ4n) is 5.34. The van der Waals surface area contributed by atoms with E-state index in [9.17, 15) is 22.4 Å². The lowest BCUT2D eigenvalue weighted by Crippen LogP contribution is -2.53. The summed E-state index contributed by atoms with van der Waals surface area (Å²) in [5, 5.41) is 3.60. The van der Waals surface area contributed by atoms with Gasteiger partial charge in [0.15, 0.2) is 11.5 Å². The Morgan fingerprint density at radius 1 is 0.918 bits per heavy atom. The zero-order valence-corrected chi connectivity index (χ0v) is 29.1. The number of sulfonamides is 1. The third kappa shape index (κ3) is 9.03. The van der Waals surface area contributed by atoms with E-state index >= 15 is 0 Å². The molecule has 1 aliphatic rings. The van der Waals surface area contributed by atoms with Crippen LogP contribution in [0.1, 0.15) is 30.9 Å². The maximum Gasteiger partial charge on any atom is 0.264 e. The van der Waals surface area contributed by atoms with Crippen molar-refractivity contribution in [3.63, 3.8) is 0 Å². The van der Waals surface area contributed by atoms with E-state index in [0.717, 1.165) is 34.8 Å². The molecule has 49 heavy (non-hydrogen) atoms. The van der Waals surface area contributed by atoms with Gasteiger partial charge in [-0.05, 0) is 66.1 Å². The molecular formula is C36H36Cl2FN3O6S. The third-order valence-corrected chi connectivity index (χ3v) is 10.3. The van der Waals surface area contributed by atoms with Crippen molar-refractivity contribution in [1.82, 2.24) is 10.2 Å². The summed E-state index contributed by atoms with van der Waals surface area (Å²) in [4.78, 5) is 29.7. The molecule has 1 aliphatic heterocycles. The second-order valence-corrected chi connectivity index (χ2v) is 14.1. The van der Waals surface area contributed by atoms with E-state index in [1.165, 1.54) is 41.3 Å². The number of benzene rings is 4. The van der Waals surface area contributed by atoms with E-state index in [0.29, 0.717) is 29.5 Å². The molecule has 0 spiro atoms. The number of carbonyl (C=O) groups excluding carboxylic acids is 2. The highest BCUT2D eigenvalue weighted by Gasteiger charge is 2.35. The minimum atomic E-state index is -4.45. The van der Waals surface area contributed by atoms with Crippen LogP contribution in [-0.4, -0.2) is 57.5 Å². The van der Waals surface area contributed by atoms with Crippen LogP contribution in [0.25, 0.3) is 0 Å². The van der Waals surface area contributed by atoms with Crippen LogP contribution in [0.15, 0.2) is 95.9 Å². The average molecular weight is 729 g/mol. The van der Waals surface area contributed by atoms with Crippen molar-refractivity contribution < 1.29 is 31.9 Å². The number of anilines is 1. The normalized spacial score (nSPS) is 13.0. The summed E-state index contributed by atoms with van der Waals surface area (Å²) in [5.41, 5.74) is 1.33. The van der Waals surface area contributed by atoms with Gasteiger partial charge in [-0.3, -0.25) is 13.9 Å². The molecule has 0 fully saturated rings. The summed E-state index contributed by atoms with van der Waals surface area (Å²) in [5.74, 6) is -1.05. The summed E-state index contributed by atoms with van der Waals surface area (Å²) < 4.78 is 54.8. The molecular weight excluding hydrogens is 692 g/mol. The smallest absolute Gasteiger partial charge is 0.264 e. The summed E-state index contributed by atoms with van der Waals surface area (Å²) in [6, 6.07) is 21.9. The molecule has 1 N–H and O–H groups in total. The average Bonchev–Trinajstić information content (AvgIpc) is 3.10. The molecule has 13 heteroatoms. The molecule has 9 nitrogen and oxygen atoms in total. The minimum Gasteiger partial charge on any atom is -0.486 e. The van der Waals surface area contributed by atoms with Gasteiger partial charge >= 0.3 is 0 Å². The van der Waals surface area contributed by atoms with Crippen LogP contribution < -0.4 is 19.1 Å². The van der Waals surface area contributed by atoms with Gasteiger partial charge in [0.1, 0.15) is 31.6 Å². The Labute approximate surface area is 295 Å². The number of rotatable bonds is 14. The zero-order valence-electron chi connectivity index (χ0n) is 26.8. The van der Waals surface area contributed by atoms with Crippen molar-refractivity contribution in [1.29, 1.82) is 0 Å². The fraction of sp³-hybridized carbons (Fsp3) is 0.278. The Kier molecular flexibility index (Phi) is 12.0. The molecule has 258 valence electrons. The van der Waals surface area contributed by atoms with Gasteiger partial charge in [-0.2, -0.15) is 0 Å². The van der Waals surface area contributed by atoms with Crippen LogP contribution in [0, 0.1) is 5.82 Å². The largest absolute Gasteiger partial charge is 0.486 e. The molecule has 0 aliphatic carbocycles. The number of fused-ring (bicyclic) bond motifs is 1. The second-order valence-electron chi connectivity index (χ2n) is 11.4. The number of ether oxygens (including phenoxy) is 2. The summed E-state index contributed by atoms with van der Waals surface area (Å²) >= 11 is 12.7. The predicted molar refractivity (Wildman–Crippen MR) is 187 cm³/mol. The van der Waals surface area contributed by atoms with Crippen LogP contribution in [0.5, 0.6) is 11.5 Å². The Bertz CT molecular complexity index is 1880. The lowest BCUT2D eigenvalue weighted by atomic mass is 10.0. The van der Waals surface area contributed by atoms with Gasteiger partial charge in [0.05, 0.1) is 10.6 Å². The number of halogens is 3. The zero-order chi connectivity index (χ0) is 35.0. The van der Waals surface area contributed by atoms with Gasteiger partial charge in [-0.1, -0.05) is 72.9 Å². The molecule has 0 saturated heterocycles. The molecule has 4 aromatic carbocycles. The number of amides is 2. The SMILES string of the molecule is CCCCNC(=O)[C@H](Cc1ccccc1)N(Cc1ccc(Cl)cc1Cl)C(=O)CN(c1ccc(F)cc1)S(=O)(=O)c1ccc2c(c1)OCCO2. The third-order valence-electron chi connectivity index (χ3n) is 7.95. The minimum absolute atomic E-state index is 0.0427. The van der Waals surface area contributed by atoms with Crippen molar-refractivity contribution in [3.8, 4) is 11.5 Å². The molecule has 0 saturated carbocycles. The number of unbranched alkanes of at least 4 members (excludes halogenated alkanes) is 1. The van der Waals surface area contributed by atoms with E-state index in [-0.39, 0.29) is 40.9 Å². The van der Waals surface area contributed by atoms with Crippen molar-refractivity contribution in [2.75, 3.05) is 30.6 Å². The number of hydrogen-bond donors (Lipinski definition) is 1.